The molecule has 1 atom stereocenters. The maximum Gasteiger partial charge on any atom is 0.269 e. The first-order chi connectivity index (χ1) is 20.8. The summed E-state index contributed by atoms with van der Waals surface area (Å²) in [6, 6.07) is 12.4. The molecule has 0 saturated carbocycles. The van der Waals surface area contributed by atoms with E-state index in [1.807, 2.05) is 24.3 Å². The number of fused-ring (bicyclic) bond motifs is 1. The van der Waals surface area contributed by atoms with E-state index in [1.54, 1.807) is 17.0 Å². The van der Waals surface area contributed by atoms with Gasteiger partial charge in [0.05, 0.1) is 4.92 Å². The van der Waals surface area contributed by atoms with E-state index < -0.39 is 6.04 Å². The molecule has 226 valence electrons. The lowest BCUT2D eigenvalue weighted by atomic mass is 9.71. The molecule has 4 fully saturated rings. The smallest absolute Gasteiger partial charge is 0.269 e. The summed E-state index contributed by atoms with van der Waals surface area (Å²) in [5.74, 6) is -0.0793. The van der Waals surface area contributed by atoms with Crippen LogP contribution in [0.3, 0.4) is 0 Å². The van der Waals surface area contributed by atoms with Crippen molar-refractivity contribution >= 4 is 34.8 Å². The van der Waals surface area contributed by atoms with Crippen molar-refractivity contribution in [2.75, 3.05) is 55.6 Å². The molecule has 1 N–H and O–H groups in total. The molecule has 5 aliphatic heterocycles. The molecular formula is C32H38N6O5. The molecule has 0 radical (unpaired) electrons. The first-order valence-electron chi connectivity index (χ1n) is 15.5. The van der Waals surface area contributed by atoms with E-state index in [-0.39, 0.29) is 34.8 Å². The number of nitrogens with one attached hydrogen (secondary N) is 1. The summed E-state index contributed by atoms with van der Waals surface area (Å²) in [7, 11) is 0. The van der Waals surface area contributed by atoms with Crippen molar-refractivity contribution in [1.29, 1.82) is 0 Å². The summed E-state index contributed by atoms with van der Waals surface area (Å²) >= 11 is 0. The SMILES string of the molecule is O=C1CCC(N2Cc3cc(N4CC5(CCN(CC6CCN(c7ccc([N+](=O)[O-])cc7)CC6)CC5)C4)ccc3C2=O)C(=O)N1. The molecule has 4 saturated heterocycles. The lowest BCUT2D eigenvalue weighted by Crippen LogP contribution is -2.60. The Morgan fingerprint density at radius 2 is 1.58 bits per heavy atom. The van der Waals surface area contributed by atoms with Gasteiger partial charge in [-0.3, -0.25) is 29.8 Å². The Morgan fingerprint density at radius 3 is 2.26 bits per heavy atom. The highest BCUT2D eigenvalue weighted by Gasteiger charge is 2.46. The van der Waals surface area contributed by atoms with Crippen molar-refractivity contribution in [2.45, 2.75) is 51.1 Å². The number of amides is 3. The summed E-state index contributed by atoms with van der Waals surface area (Å²) in [5.41, 5.74) is 4.34. The third kappa shape index (κ3) is 5.35. The maximum absolute atomic E-state index is 13.0. The number of nitro groups is 1. The zero-order valence-corrected chi connectivity index (χ0v) is 24.4. The van der Waals surface area contributed by atoms with Crippen LogP contribution in [0, 0.1) is 21.4 Å². The number of imide groups is 1. The molecule has 2 aromatic rings. The Morgan fingerprint density at radius 1 is 0.884 bits per heavy atom. The molecule has 2 aromatic carbocycles. The number of piperidine rings is 3. The molecule has 1 spiro atoms. The monoisotopic (exact) mass is 586 g/mol. The van der Waals surface area contributed by atoms with Crippen molar-refractivity contribution in [3.05, 3.63) is 63.7 Å². The molecule has 1 unspecified atom stereocenters. The van der Waals surface area contributed by atoms with Gasteiger partial charge in [0.2, 0.25) is 11.8 Å². The second kappa shape index (κ2) is 10.9. The molecule has 0 aliphatic carbocycles. The minimum absolute atomic E-state index is 0.125. The van der Waals surface area contributed by atoms with Gasteiger partial charge in [0.1, 0.15) is 6.04 Å². The molecule has 5 heterocycles. The molecule has 3 amide bonds. The van der Waals surface area contributed by atoms with E-state index in [2.05, 4.69) is 26.1 Å². The number of nitrogens with zero attached hydrogens (tertiary/aromatic N) is 5. The third-order valence-corrected chi connectivity index (χ3v) is 10.4. The number of carbonyl (C=O) groups is 3. The lowest BCUT2D eigenvalue weighted by molar-refractivity contribution is -0.384. The molecule has 0 aromatic heterocycles. The van der Waals surface area contributed by atoms with Gasteiger partial charge in [-0.15, -0.1) is 0 Å². The number of non-ortho nitro benzene ring substituents is 1. The summed E-state index contributed by atoms with van der Waals surface area (Å²) in [6.45, 7) is 7.90. The third-order valence-electron chi connectivity index (χ3n) is 10.4. The van der Waals surface area contributed by atoms with Crippen LogP contribution in [-0.2, 0) is 16.1 Å². The summed E-state index contributed by atoms with van der Waals surface area (Å²) < 4.78 is 0. The van der Waals surface area contributed by atoms with Crippen LogP contribution in [0.2, 0.25) is 0 Å². The van der Waals surface area contributed by atoms with Gasteiger partial charge < -0.3 is 19.6 Å². The Labute approximate surface area is 250 Å². The molecule has 5 aliphatic rings. The van der Waals surface area contributed by atoms with E-state index in [1.165, 1.54) is 12.8 Å². The van der Waals surface area contributed by atoms with Crippen LogP contribution in [0.25, 0.3) is 0 Å². The minimum atomic E-state index is -0.582. The number of anilines is 2. The normalized spacial score (nSPS) is 24.2. The highest BCUT2D eigenvalue weighted by atomic mass is 16.6. The Balaban J connectivity index is 0.872. The second-order valence-corrected chi connectivity index (χ2v) is 13.1. The average molecular weight is 587 g/mol. The fraction of sp³-hybridized carbons (Fsp3) is 0.531. The van der Waals surface area contributed by atoms with Gasteiger partial charge >= 0.3 is 0 Å². The van der Waals surface area contributed by atoms with Gasteiger partial charge in [0, 0.05) is 80.2 Å². The van der Waals surface area contributed by atoms with Gasteiger partial charge in [-0.25, -0.2) is 0 Å². The number of carbonyl (C=O) groups excluding carboxylic acids is 3. The quantitative estimate of drug-likeness (QED) is 0.312. The number of likely N-dealkylation sites (tertiary alicyclic amines) is 1. The van der Waals surface area contributed by atoms with Crippen molar-refractivity contribution in [1.82, 2.24) is 15.1 Å². The Kier molecular flexibility index (Phi) is 7.07. The average Bonchev–Trinajstić information content (AvgIpc) is 3.32. The van der Waals surface area contributed by atoms with Crippen LogP contribution in [0.1, 0.15) is 54.4 Å². The number of hydrogen-bond acceptors (Lipinski definition) is 8. The zero-order valence-electron chi connectivity index (χ0n) is 24.4. The first kappa shape index (κ1) is 27.8. The van der Waals surface area contributed by atoms with Crippen LogP contribution in [0.15, 0.2) is 42.5 Å². The molecule has 11 heteroatoms. The predicted molar refractivity (Wildman–Crippen MR) is 161 cm³/mol. The summed E-state index contributed by atoms with van der Waals surface area (Å²) in [6.07, 6.45) is 5.35. The van der Waals surface area contributed by atoms with Crippen molar-refractivity contribution in [2.24, 2.45) is 11.3 Å². The van der Waals surface area contributed by atoms with E-state index in [9.17, 15) is 24.5 Å². The number of nitro benzene ring substituents is 1. The zero-order chi connectivity index (χ0) is 29.7. The van der Waals surface area contributed by atoms with Crippen LogP contribution in [0.4, 0.5) is 17.1 Å². The minimum Gasteiger partial charge on any atom is -0.372 e. The van der Waals surface area contributed by atoms with Gasteiger partial charge in [0.15, 0.2) is 0 Å². The van der Waals surface area contributed by atoms with E-state index in [4.69, 9.17) is 0 Å². The van der Waals surface area contributed by atoms with Crippen molar-refractivity contribution in [3.63, 3.8) is 0 Å². The molecule has 7 rings (SSSR count). The van der Waals surface area contributed by atoms with Crippen LogP contribution in [0.5, 0.6) is 0 Å². The fourth-order valence-electron chi connectivity index (χ4n) is 7.75. The standard InChI is InChI=1S/C32H38N6O5/c39-29-8-7-28(30(40)33-29)37-19-23-17-26(5-6-27(23)31(37)41)36-20-32(21-36)11-15-34(16-12-32)18-22-9-13-35(14-10-22)24-1-3-25(4-2-24)38(42)43/h1-6,17,22,28H,7-16,18-21H2,(H,33,39,40). The van der Waals surface area contributed by atoms with Gasteiger partial charge in [0.25, 0.3) is 11.6 Å². The first-order valence-corrected chi connectivity index (χ1v) is 15.5. The largest absolute Gasteiger partial charge is 0.372 e. The van der Waals surface area contributed by atoms with E-state index >= 15 is 0 Å². The summed E-state index contributed by atoms with van der Waals surface area (Å²) in [4.78, 5) is 56.6. The fourth-order valence-corrected chi connectivity index (χ4v) is 7.75. The van der Waals surface area contributed by atoms with Crippen LogP contribution in [-0.4, -0.2) is 84.3 Å². The molecule has 43 heavy (non-hydrogen) atoms. The van der Waals surface area contributed by atoms with Crippen LogP contribution >= 0.6 is 0 Å². The summed E-state index contributed by atoms with van der Waals surface area (Å²) in [5, 5.41) is 13.3. The Hall–Kier alpha value is -3.99. The molecule has 11 nitrogen and oxygen atoms in total. The van der Waals surface area contributed by atoms with Gasteiger partial charge in [-0.05, 0) is 87.0 Å². The number of benzene rings is 2. The van der Waals surface area contributed by atoms with E-state index in [0.717, 1.165) is 75.6 Å². The second-order valence-electron chi connectivity index (χ2n) is 13.1. The Bertz CT molecular complexity index is 1440. The maximum atomic E-state index is 13.0. The lowest BCUT2D eigenvalue weighted by Gasteiger charge is -2.55. The topological polar surface area (TPSA) is 119 Å². The predicted octanol–water partition coefficient (Wildman–Crippen LogP) is 3.17. The van der Waals surface area contributed by atoms with Crippen molar-refractivity contribution in [3.8, 4) is 0 Å². The number of rotatable bonds is 6. The van der Waals surface area contributed by atoms with Crippen LogP contribution < -0.4 is 15.1 Å². The van der Waals surface area contributed by atoms with Gasteiger partial charge in [-0.1, -0.05) is 0 Å². The van der Waals surface area contributed by atoms with E-state index in [0.29, 0.717) is 29.9 Å². The highest BCUT2D eigenvalue weighted by Crippen LogP contribution is 2.44. The molecular weight excluding hydrogens is 548 g/mol. The highest BCUT2D eigenvalue weighted by molar-refractivity contribution is 6.05. The number of hydrogen-bond donors (Lipinski definition) is 1. The molecule has 0 bridgehead atoms. The van der Waals surface area contributed by atoms with Gasteiger partial charge in [-0.2, -0.15) is 0 Å². The van der Waals surface area contributed by atoms with Crippen molar-refractivity contribution < 1.29 is 19.3 Å².